The highest BCUT2D eigenvalue weighted by atomic mass is 19.1. The standard InChI is InChI=1S/C15H19F2N3/c1-4-18-13(9-11-7-8-20(3)19-11)14-12(16)6-5-10(2)15(14)17/h5-8,13,18H,4,9H2,1-3H3. The van der Waals surface area contributed by atoms with Crippen molar-refractivity contribution in [2.45, 2.75) is 26.3 Å². The Bertz CT molecular complexity index is 593. The zero-order valence-electron chi connectivity index (χ0n) is 12.0. The Hall–Kier alpha value is -1.75. The minimum atomic E-state index is -0.519. The van der Waals surface area contributed by atoms with E-state index in [0.717, 1.165) is 5.69 Å². The van der Waals surface area contributed by atoms with Crippen LogP contribution in [0.3, 0.4) is 0 Å². The number of nitrogens with zero attached hydrogens (tertiary/aromatic N) is 2. The zero-order chi connectivity index (χ0) is 14.7. The summed E-state index contributed by atoms with van der Waals surface area (Å²) in [7, 11) is 1.82. The van der Waals surface area contributed by atoms with E-state index in [9.17, 15) is 8.78 Å². The maximum absolute atomic E-state index is 14.2. The molecule has 2 aromatic rings. The molecule has 0 radical (unpaired) electrons. The molecule has 0 bridgehead atoms. The molecule has 5 heteroatoms. The second-order valence-corrected chi connectivity index (χ2v) is 4.89. The molecule has 0 aliphatic rings. The highest BCUT2D eigenvalue weighted by molar-refractivity contribution is 5.30. The first-order valence-corrected chi connectivity index (χ1v) is 6.69. The van der Waals surface area contributed by atoms with Crippen molar-refractivity contribution < 1.29 is 8.78 Å². The van der Waals surface area contributed by atoms with E-state index < -0.39 is 17.7 Å². The van der Waals surface area contributed by atoms with Crippen molar-refractivity contribution >= 4 is 0 Å². The quantitative estimate of drug-likeness (QED) is 0.912. The number of rotatable bonds is 5. The predicted molar refractivity (Wildman–Crippen MR) is 74.4 cm³/mol. The third kappa shape index (κ3) is 3.04. The van der Waals surface area contributed by atoms with Gasteiger partial charge in [0, 0.05) is 31.3 Å². The highest BCUT2D eigenvalue weighted by Crippen LogP contribution is 2.25. The number of hydrogen-bond acceptors (Lipinski definition) is 2. The monoisotopic (exact) mass is 279 g/mol. The lowest BCUT2D eigenvalue weighted by Crippen LogP contribution is -2.25. The number of hydrogen-bond donors (Lipinski definition) is 1. The summed E-state index contributed by atoms with van der Waals surface area (Å²) in [6.45, 7) is 4.18. The van der Waals surface area contributed by atoms with Gasteiger partial charge in [-0.15, -0.1) is 0 Å². The second-order valence-electron chi connectivity index (χ2n) is 4.89. The number of benzene rings is 1. The largest absolute Gasteiger partial charge is 0.310 e. The number of halogens is 2. The first kappa shape index (κ1) is 14.7. The molecule has 0 amide bonds. The van der Waals surface area contributed by atoms with Gasteiger partial charge in [-0.2, -0.15) is 5.10 Å². The van der Waals surface area contributed by atoms with Crippen LogP contribution in [0.4, 0.5) is 8.78 Å². The molecule has 0 spiro atoms. The SMILES string of the molecule is CCNC(Cc1ccn(C)n1)c1c(F)ccc(C)c1F. The van der Waals surface area contributed by atoms with Gasteiger partial charge in [0.25, 0.3) is 0 Å². The Morgan fingerprint density at radius 1 is 1.30 bits per heavy atom. The van der Waals surface area contributed by atoms with Crippen LogP contribution in [-0.2, 0) is 13.5 Å². The molecule has 1 N–H and O–H groups in total. The van der Waals surface area contributed by atoms with E-state index in [1.54, 1.807) is 11.6 Å². The lowest BCUT2D eigenvalue weighted by Gasteiger charge is -2.19. The molecule has 1 aromatic carbocycles. The molecule has 0 aliphatic carbocycles. The fourth-order valence-corrected chi connectivity index (χ4v) is 2.30. The van der Waals surface area contributed by atoms with Crippen molar-refractivity contribution in [2.24, 2.45) is 7.05 Å². The van der Waals surface area contributed by atoms with Crippen molar-refractivity contribution in [3.63, 3.8) is 0 Å². The van der Waals surface area contributed by atoms with Crippen LogP contribution in [0.5, 0.6) is 0 Å². The molecule has 0 saturated carbocycles. The van der Waals surface area contributed by atoms with Crippen LogP contribution < -0.4 is 5.32 Å². The number of likely N-dealkylation sites (N-methyl/N-ethyl adjacent to an activating group) is 1. The summed E-state index contributed by atoms with van der Waals surface area (Å²) >= 11 is 0. The first-order chi connectivity index (χ1) is 9.52. The molecule has 1 heterocycles. The summed E-state index contributed by atoms with van der Waals surface area (Å²) in [5.41, 5.74) is 1.35. The first-order valence-electron chi connectivity index (χ1n) is 6.69. The van der Waals surface area contributed by atoms with E-state index >= 15 is 0 Å². The molecular formula is C15H19F2N3. The van der Waals surface area contributed by atoms with Gasteiger partial charge in [0.15, 0.2) is 0 Å². The van der Waals surface area contributed by atoms with Crippen molar-refractivity contribution in [2.75, 3.05) is 6.54 Å². The van der Waals surface area contributed by atoms with Gasteiger partial charge in [0.2, 0.25) is 0 Å². The lowest BCUT2D eigenvalue weighted by atomic mass is 9.98. The van der Waals surface area contributed by atoms with Gasteiger partial charge in [0.1, 0.15) is 11.6 Å². The normalized spacial score (nSPS) is 12.7. The van der Waals surface area contributed by atoms with Crippen LogP contribution in [-0.4, -0.2) is 16.3 Å². The van der Waals surface area contributed by atoms with E-state index in [1.807, 2.05) is 26.2 Å². The molecule has 108 valence electrons. The van der Waals surface area contributed by atoms with Gasteiger partial charge in [-0.05, 0) is 31.2 Å². The van der Waals surface area contributed by atoms with Gasteiger partial charge >= 0.3 is 0 Å². The van der Waals surface area contributed by atoms with Gasteiger partial charge in [-0.1, -0.05) is 13.0 Å². The van der Waals surface area contributed by atoms with E-state index in [1.165, 1.54) is 12.1 Å². The van der Waals surface area contributed by atoms with E-state index in [4.69, 9.17) is 0 Å². The lowest BCUT2D eigenvalue weighted by molar-refractivity contribution is 0.466. The summed E-state index contributed by atoms with van der Waals surface area (Å²) in [6, 6.07) is 4.21. The van der Waals surface area contributed by atoms with Crippen molar-refractivity contribution in [3.8, 4) is 0 Å². The third-order valence-corrected chi connectivity index (χ3v) is 3.30. The Morgan fingerprint density at radius 3 is 2.65 bits per heavy atom. The van der Waals surface area contributed by atoms with Crippen LogP contribution in [0.25, 0.3) is 0 Å². The van der Waals surface area contributed by atoms with Crippen LogP contribution in [0.2, 0.25) is 0 Å². The molecule has 1 atom stereocenters. The summed E-state index contributed by atoms with van der Waals surface area (Å²) in [4.78, 5) is 0. The fourth-order valence-electron chi connectivity index (χ4n) is 2.30. The topological polar surface area (TPSA) is 29.9 Å². The predicted octanol–water partition coefficient (Wildman–Crippen LogP) is 2.90. The van der Waals surface area contributed by atoms with E-state index in [0.29, 0.717) is 18.5 Å². The smallest absolute Gasteiger partial charge is 0.133 e. The van der Waals surface area contributed by atoms with Gasteiger partial charge in [-0.3, -0.25) is 4.68 Å². The highest BCUT2D eigenvalue weighted by Gasteiger charge is 2.22. The fraction of sp³-hybridized carbons (Fsp3) is 0.400. The van der Waals surface area contributed by atoms with Crippen LogP contribution in [0, 0.1) is 18.6 Å². The van der Waals surface area contributed by atoms with Crippen molar-refractivity contribution in [1.29, 1.82) is 0 Å². The maximum Gasteiger partial charge on any atom is 0.133 e. The summed E-state index contributed by atoms with van der Waals surface area (Å²) in [6.07, 6.45) is 2.27. The Labute approximate surface area is 117 Å². The van der Waals surface area contributed by atoms with Crippen molar-refractivity contribution in [1.82, 2.24) is 15.1 Å². The number of aromatic nitrogens is 2. The van der Waals surface area contributed by atoms with Crippen LogP contribution in [0.15, 0.2) is 24.4 Å². The van der Waals surface area contributed by atoms with Crippen LogP contribution >= 0.6 is 0 Å². The number of aryl methyl sites for hydroxylation is 2. The third-order valence-electron chi connectivity index (χ3n) is 3.30. The van der Waals surface area contributed by atoms with Gasteiger partial charge in [0.05, 0.1) is 5.69 Å². The summed E-state index contributed by atoms with van der Waals surface area (Å²) in [5, 5.41) is 7.41. The van der Waals surface area contributed by atoms with E-state index in [2.05, 4.69) is 10.4 Å². The molecule has 2 rings (SSSR count). The average molecular weight is 279 g/mol. The van der Waals surface area contributed by atoms with Crippen molar-refractivity contribution in [3.05, 3.63) is 52.9 Å². The molecule has 0 aliphatic heterocycles. The minimum absolute atomic E-state index is 0.0949. The summed E-state index contributed by atoms with van der Waals surface area (Å²) in [5.74, 6) is -0.998. The molecule has 0 saturated heterocycles. The molecule has 0 fully saturated rings. The Kier molecular flexibility index (Phi) is 4.49. The summed E-state index contributed by atoms with van der Waals surface area (Å²) < 4.78 is 29.9. The molecule has 1 unspecified atom stereocenters. The van der Waals surface area contributed by atoms with Gasteiger partial charge < -0.3 is 5.32 Å². The maximum atomic E-state index is 14.2. The molecular weight excluding hydrogens is 260 g/mol. The Morgan fingerprint density at radius 2 is 2.05 bits per heavy atom. The molecule has 3 nitrogen and oxygen atoms in total. The molecule has 20 heavy (non-hydrogen) atoms. The Balaban J connectivity index is 2.35. The average Bonchev–Trinajstić information content (AvgIpc) is 2.80. The zero-order valence-corrected chi connectivity index (χ0v) is 12.0. The van der Waals surface area contributed by atoms with Gasteiger partial charge in [-0.25, -0.2) is 8.78 Å². The van der Waals surface area contributed by atoms with Crippen LogP contribution in [0.1, 0.15) is 29.8 Å². The molecule has 1 aromatic heterocycles. The second kappa shape index (κ2) is 6.13. The number of nitrogens with one attached hydrogen (secondary N) is 1. The minimum Gasteiger partial charge on any atom is -0.310 e. The van der Waals surface area contributed by atoms with E-state index in [-0.39, 0.29) is 5.56 Å².